The maximum atomic E-state index is 3.38. The second-order valence-electron chi connectivity index (χ2n) is 3.22. The second-order valence-corrected chi connectivity index (χ2v) is 3.22. The first-order chi connectivity index (χ1) is 6.45. The van der Waals surface area contributed by atoms with Gasteiger partial charge in [-0.2, -0.15) is 0 Å². The zero-order valence-electron chi connectivity index (χ0n) is 7.62. The van der Waals surface area contributed by atoms with Crippen LogP contribution in [0.15, 0.2) is 48.5 Å². The van der Waals surface area contributed by atoms with Gasteiger partial charge in [0.15, 0.2) is 0 Å². The van der Waals surface area contributed by atoms with E-state index >= 15 is 0 Å². The molecule has 0 aliphatic carbocycles. The third kappa shape index (κ3) is 1.32. The van der Waals surface area contributed by atoms with E-state index in [1.165, 1.54) is 21.8 Å². The van der Waals surface area contributed by atoms with Crippen LogP contribution in [0.2, 0.25) is 0 Å². The van der Waals surface area contributed by atoms with E-state index < -0.39 is 0 Å². The fourth-order valence-electron chi connectivity index (χ4n) is 1.80. The first kappa shape index (κ1) is 9.59. The molecule has 0 saturated heterocycles. The van der Waals surface area contributed by atoms with Crippen LogP contribution in [0.25, 0.3) is 21.8 Å². The molecule has 0 amide bonds. The minimum atomic E-state index is 0. The van der Waals surface area contributed by atoms with E-state index in [-0.39, 0.29) is 23.9 Å². The molecule has 0 spiro atoms. The Morgan fingerprint density at radius 3 is 1.57 bits per heavy atom. The van der Waals surface area contributed by atoms with Crippen LogP contribution in [0.4, 0.5) is 0 Å². The molecule has 0 aliphatic rings. The molecular formula is C12H9NSn. The van der Waals surface area contributed by atoms with Crippen molar-refractivity contribution in [2.75, 3.05) is 0 Å². The van der Waals surface area contributed by atoms with Gasteiger partial charge in [0.05, 0.1) is 0 Å². The molecule has 3 aromatic rings. The van der Waals surface area contributed by atoms with Gasteiger partial charge in [-0.1, -0.05) is 36.4 Å². The van der Waals surface area contributed by atoms with Gasteiger partial charge in [-0.3, -0.25) is 0 Å². The largest absolute Gasteiger partial charge is 0.355 e. The zero-order valence-corrected chi connectivity index (χ0v) is 10.5. The summed E-state index contributed by atoms with van der Waals surface area (Å²) in [6.07, 6.45) is 0. The number of aromatic amines is 1. The number of H-pyrrole nitrogens is 1. The first-order valence-electron chi connectivity index (χ1n) is 4.40. The van der Waals surface area contributed by atoms with Crippen molar-refractivity contribution in [2.45, 2.75) is 0 Å². The third-order valence-electron chi connectivity index (χ3n) is 2.41. The van der Waals surface area contributed by atoms with Crippen molar-refractivity contribution in [3.63, 3.8) is 0 Å². The summed E-state index contributed by atoms with van der Waals surface area (Å²) in [4.78, 5) is 3.38. The molecular weight excluding hydrogens is 277 g/mol. The Morgan fingerprint density at radius 1 is 0.643 bits per heavy atom. The summed E-state index contributed by atoms with van der Waals surface area (Å²) in [6.45, 7) is 0. The molecule has 2 aromatic carbocycles. The number of hydrogen-bond acceptors (Lipinski definition) is 0. The van der Waals surface area contributed by atoms with Crippen LogP contribution in [0.3, 0.4) is 0 Å². The van der Waals surface area contributed by atoms with Crippen LogP contribution in [0.5, 0.6) is 0 Å². The van der Waals surface area contributed by atoms with Crippen LogP contribution < -0.4 is 0 Å². The van der Waals surface area contributed by atoms with Gasteiger partial charge >= 0.3 is 0 Å². The number of nitrogens with one attached hydrogen (secondary N) is 1. The number of para-hydroxylation sites is 2. The van der Waals surface area contributed by atoms with Crippen LogP contribution in [-0.4, -0.2) is 28.9 Å². The fourth-order valence-corrected chi connectivity index (χ4v) is 1.80. The van der Waals surface area contributed by atoms with Crippen molar-refractivity contribution in [3.05, 3.63) is 48.5 Å². The Bertz CT molecular complexity index is 518. The normalized spacial score (nSPS) is 10.3. The second kappa shape index (κ2) is 3.65. The number of hydrogen-bond donors (Lipinski definition) is 1. The zero-order chi connectivity index (χ0) is 8.67. The molecule has 4 radical (unpaired) electrons. The summed E-state index contributed by atoms with van der Waals surface area (Å²) >= 11 is 0. The maximum Gasteiger partial charge on any atom is 0.0464 e. The minimum absolute atomic E-state index is 0. The van der Waals surface area contributed by atoms with Gasteiger partial charge in [0.1, 0.15) is 0 Å². The molecule has 0 bridgehead atoms. The van der Waals surface area contributed by atoms with Crippen molar-refractivity contribution >= 4 is 45.7 Å². The predicted molar refractivity (Wildman–Crippen MR) is 61.6 cm³/mol. The van der Waals surface area contributed by atoms with Crippen LogP contribution >= 0.6 is 0 Å². The molecule has 1 nitrogen and oxygen atoms in total. The Labute approximate surface area is 99.1 Å². The van der Waals surface area contributed by atoms with E-state index in [0.29, 0.717) is 0 Å². The molecule has 0 unspecified atom stereocenters. The van der Waals surface area contributed by atoms with Gasteiger partial charge in [-0.25, -0.2) is 0 Å². The quantitative estimate of drug-likeness (QED) is 0.611. The molecule has 2 heteroatoms. The molecule has 1 heterocycles. The van der Waals surface area contributed by atoms with E-state index in [0.717, 1.165) is 0 Å². The Balaban J connectivity index is 0.000000750. The SMILES string of the molecule is [Sn].c1ccc2c(c1)[nH]c1ccccc12. The van der Waals surface area contributed by atoms with Crippen molar-refractivity contribution in [1.82, 2.24) is 4.98 Å². The summed E-state index contributed by atoms with van der Waals surface area (Å²) in [7, 11) is 0. The first-order valence-corrected chi connectivity index (χ1v) is 4.40. The van der Waals surface area contributed by atoms with E-state index in [1.807, 2.05) is 0 Å². The number of rotatable bonds is 0. The summed E-state index contributed by atoms with van der Waals surface area (Å²) in [5.74, 6) is 0. The van der Waals surface area contributed by atoms with Gasteiger partial charge in [-0.15, -0.1) is 0 Å². The summed E-state index contributed by atoms with van der Waals surface area (Å²) in [5.41, 5.74) is 2.42. The number of fused-ring (bicyclic) bond motifs is 3. The Morgan fingerprint density at radius 2 is 1.07 bits per heavy atom. The van der Waals surface area contributed by atoms with Crippen molar-refractivity contribution in [3.8, 4) is 0 Å². The summed E-state index contributed by atoms with van der Waals surface area (Å²) in [6, 6.07) is 16.8. The van der Waals surface area contributed by atoms with Gasteiger partial charge < -0.3 is 4.98 Å². The van der Waals surface area contributed by atoms with Crippen molar-refractivity contribution in [2.24, 2.45) is 0 Å². The summed E-state index contributed by atoms with van der Waals surface area (Å²) < 4.78 is 0. The van der Waals surface area contributed by atoms with Crippen LogP contribution in [0, 0.1) is 0 Å². The van der Waals surface area contributed by atoms with Crippen LogP contribution in [-0.2, 0) is 0 Å². The molecule has 1 N–H and O–H groups in total. The van der Waals surface area contributed by atoms with Crippen molar-refractivity contribution < 1.29 is 0 Å². The van der Waals surface area contributed by atoms with Gasteiger partial charge in [0, 0.05) is 45.7 Å². The van der Waals surface area contributed by atoms with E-state index in [4.69, 9.17) is 0 Å². The molecule has 66 valence electrons. The third-order valence-corrected chi connectivity index (χ3v) is 2.41. The van der Waals surface area contributed by atoms with Gasteiger partial charge in [-0.05, 0) is 12.1 Å². The molecule has 0 saturated carbocycles. The fraction of sp³-hybridized carbons (Fsp3) is 0. The summed E-state index contributed by atoms with van der Waals surface area (Å²) in [5, 5.41) is 2.61. The van der Waals surface area contributed by atoms with Gasteiger partial charge in [0.25, 0.3) is 0 Å². The van der Waals surface area contributed by atoms with E-state index in [1.54, 1.807) is 0 Å². The predicted octanol–water partition coefficient (Wildman–Crippen LogP) is 2.94. The average molecular weight is 286 g/mol. The standard InChI is InChI=1S/C12H9N.Sn/c1-3-7-11-9(5-1)10-6-2-4-8-12(10)13-11;/h1-8,13H;. The molecule has 14 heavy (non-hydrogen) atoms. The molecule has 0 aliphatic heterocycles. The monoisotopic (exact) mass is 287 g/mol. The van der Waals surface area contributed by atoms with E-state index in [9.17, 15) is 0 Å². The molecule has 1 aromatic heterocycles. The Kier molecular flexibility index (Phi) is 2.50. The number of aromatic nitrogens is 1. The van der Waals surface area contributed by atoms with Crippen LogP contribution in [0.1, 0.15) is 0 Å². The minimum Gasteiger partial charge on any atom is -0.355 e. The van der Waals surface area contributed by atoms with Gasteiger partial charge in [0.2, 0.25) is 0 Å². The molecule has 0 fully saturated rings. The topological polar surface area (TPSA) is 15.8 Å². The Hall–Kier alpha value is -0.961. The van der Waals surface area contributed by atoms with Crippen molar-refractivity contribution in [1.29, 1.82) is 0 Å². The number of benzene rings is 2. The molecule has 3 rings (SSSR count). The average Bonchev–Trinajstić information content (AvgIpc) is 2.56. The smallest absolute Gasteiger partial charge is 0.0464 e. The molecule has 0 atom stereocenters. The van der Waals surface area contributed by atoms with E-state index in [2.05, 4.69) is 53.5 Å². The maximum absolute atomic E-state index is 3.38.